The lowest BCUT2D eigenvalue weighted by molar-refractivity contribution is 0.310. The van der Waals surface area contributed by atoms with Gasteiger partial charge < -0.3 is 0 Å². The predicted molar refractivity (Wildman–Crippen MR) is 68.1 cm³/mol. The summed E-state index contributed by atoms with van der Waals surface area (Å²) in [6.45, 7) is 2.38. The molecule has 1 unspecified atom stereocenters. The molecule has 0 aromatic rings. The van der Waals surface area contributed by atoms with Crippen molar-refractivity contribution in [2.45, 2.75) is 64.7 Å². The molecule has 1 rings (SSSR count). The summed E-state index contributed by atoms with van der Waals surface area (Å²) in [6, 6.07) is 0. The van der Waals surface area contributed by atoms with Crippen LogP contribution >= 0.6 is 12.6 Å². The first kappa shape index (κ1) is 12.4. The lowest BCUT2D eigenvalue weighted by atomic mass is 9.84. The molecule has 0 radical (unpaired) electrons. The topological polar surface area (TPSA) is 0 Å². The van der Waals surface area contributed by atoms with Gasteiger partial charge in [-0.15, -0.1) is 0 Å². The molecule has 0 heterocycles. The summed E-state index contributed by atoms with van der Waals surface area (Å²) < 4.78 is 0. The van der Waals surface area contributed by atoms with E-state index in [0.29, 0.717) is 0 Å². The van der Waals surface area contributed by atoms with Gasteiger partial charge in [0.15, 0.2) is 0 Å². The molecule has 0 aliphatic heterocycles. The zero-order valence-corrected chi connectivity index (χ0v) is 10.6. The number of hydrogen-bond donors (Lipinski definition) is 1. The fraction of sp³-hybridized carbons (Fsp3) is 1.00. The third-order valence-electron chi connectivity index (χ3n) is 3.74. The van der Waals surface area contributed by atoms with Crippen molar-refractivity contribution in [1.82, 2.24) is 0 Å². The van der Waals surface area contributed by atoms with E-state index in [2.05, 4.69) is 19.6 Å². The predicted octanol–water partition coefficient (Wildman–Crippen LogP) is 4.69. The summed E-state index contributed by atoms with van der Waals surface area (Å²) in [4.78, 5) is 0. The fourth-order valence-electron chi connectivity index (χ4n) is 2.56. The highest BCUT2D eigenvalue weighted by Gasteiger charge is 2.15. The molecule has 0 spiro atoms. The van der Waals surface area contributed by atoms with Crippen LogP contribution in [0.25, 0.3) is 0 Å². The van der Waals surface area contributed by atoms with E-state index in [9.17, 15) is 0 Å². The van der Waals surface area contributed by atoms with Gasteiger partial charge in [-0.1, -0.05) is 64.7 Å². The smallest absolute Gasteiger partial charge is 0.00695 e. The lowest BCUT2D eigenvalue weighted by Crippen LogP contribution is -2.14. The van der Waals surface area contributed by atoms with E-state index in [0.717, 1.165) is 17.6 Å². The average Bonchev–Trinajstić information content (AvgIpc) is 2.24. The van der Waals surface area contributed by atoms with Crippen LogP contribution in [0.3, 0.4) is 0 Å². The summed E-state index contributed by atoms with van der Waals surface area (Å²) in [6.07, 6.45) is 13.2. The van der Waals surface area contributed by atoms with E-state index in [1.165, 1.54) is 57.8 Å². The molecular weight excluding hydrogens is 188 g/mol. The van der Waals surface area contributed by atoms with E-state index in [1.807, 2.05) is 0 Å². The van der Waals surface area contributed by atoms with Gasteiger partial charge in [-0.3, -0.25) is 0 Å². The molecule has 84 valence electrons. The molecule has 0 bridgehead atoms. The highest BCUT2D eigenvalue weighted by Crippen LogP contribution is 2.27. The van der Waals surface area contributed by atoms with Gasteiger partial charge in [0.05, 0.1) is 0 Å². The molecule has 1 atom stereocenters. The number of thiol groups is 1. The summed E-state index contributed by atoms with van der Waals surface area (Å²) >= 11 is 4.44. The average molecular weight is 214 g/mol. The minimum atomic E-state index is 0.831. The molecular formula is C13H26S. The Morgan fingerprint density at radius 2 is 1.36 bits per heavy atom. The second-order valence-corrected chi connectivity index (χ2v) is 5.34. The highest BCUT2D eigenvalue weighted by molar-refractivity contribution is 7.80. The van der Waals surface area contributed by atoms with Gasteiger partial charge in [0, 0.05) is 0 Å². The Labute approximate surface area is 95.3 Å². The van der Waals surface area contributed by atoms with Crippen molar-refractivity contribution in [2.24, 2.45) is 11.8 Å². The standard InChI is InChI=1S/C13H26S/c1-12(11-14)13-9-7-5-3-2-4-6-8-10-13/h12-14H,2-11H2,1H3. The summed E-state index contributed by atoms with van der Waals surface area (Å²) in [5, 5.41) is 0. The van der Waals surface area contributed by atoms with Crippen molar-refractivity contribution in [3.05, 3.63) is 0 Å². The lowest BCUT2D eigenvalue weighted by Gasteiger charge is -2.23. The minimum Gasteiger partial charge on any atom is -0.179 e. The molecule has 0 saturated heterocycles. The summed E-state index contributed by atoms with van der Waals surface area (Å²) in [7, 11) is 0. The van der Waals surface area contributed by atoms with E-state index in [-0.39, 0.29) is 0 Å². The van der Waals surface area contributed by atoms with Gasteiger partial charge in [0.1, 0.15) is 0 Å². The van der Waals surface area contributed by atoms with Crippen LogP contribution in [0.1, 0.15) is 64.7 Å². The maximum absolute atomic E-state index is 4.44. The molecule has 1 aliphatic carbocycles. The molecule has 0 amide bonds. The van der Waals surface area contributed by atoms with E-state index in [4.69, 9.17) is 0 Å². The first-order valence-electron chi connectivity index (χ1n) is 6.45. The molecule has 1 saturated carbocycles. The maximum Gasteiger partial charge on any atom is -0.00695 e. The second kappa shape index (κ2) is 7.62. The Bertz CT molecular complexity index is 123. The van der Waals surface area contributed by atoms with Gasteiger partial charge in [-0.2, -0.15) is 12.6 Å². The first-order valence-corrected chi connectivity index (χ1v) is 7.08. The van der Waals surface area contributed by atoms with Crippen LogP contribution in [0.2, 0.25) is 0 Å². The van der Waals surface area contributed by atoms with Crippen molar-refractivity contribution in [1.29, 1.82) is 0 Å². The fourth-order valence-corrected chi connectivity index (χ4v) is 2.86. The monoisotopic (exact) mass is 214 g/mol. The second-order valence-electron chi connectivity index (χ2n) is 4.97. The molecule has 1 aliphatic rings. The molecule has 0 N–H and O–H groups in total. The number of rotatable bonds is 2. The van der Waals surface area contributed by atoms with Gasteiger partial charge in [-0.05, 0) is 17.6 Å². The zero-order valence-electron chi connectivity index (χ0n) is 9.67. The molecule has 0 nitrogen and oxygen atoms in total. The maximum atomic E-state index is 4.44. The van der Waals surface area contributed by atoms with Gasteiger partial charge >= 0.3 is 0 Å². The van der Waals surface area contributed by atoms with Gasteiger partial charge in [0.2, 0.25) is 0 Å². The van der Waals surface area contributed by atoms with Gasteiger partial charge in [-0.25, -0.2) is 0 Å². The molecule has 1 heteroatoms. The summed E-state index contributed by atoms with van der Waals surface area (Å²) in [5.74, 6) is 2.87. The Kier molecular flexibility index (Phi) is 6.76. The van der Waals surface area contributed by atoms with Crippen LogP contribution in [0.4, 0.5) is 0 Å². The van der Waals surface area contributed by atoms with Crippen LogP contribution in [0.15, 0.2) is 0 Å². The number of hydrogen-bond acceptors (Lipinski definition) is 1. The Morgan fingerprint density at radius 3 is 1.79 bits per heavy atom. The van der Waals surface area contributed by atoms with E-state index < -0.39 is 0 Å². The van der Waals surface area contributed by atoms with Crippen LogP contribution in [0.5, 0.6) is 0 Å². The Hall–Kier alpha value is 0.350. The van der Waals surface area contributed by atoms with Gasteiger partial charge in [0.25, 0.3) is 0 Å². The molecule has 14 heavy (non-hydrogen) atoms. The van der Waals surface area contributed by atoms with Crippen LogP contribution in [0, 0.1) is 11.8 Å². The van der Waals surface area contributed by atoms with Crippen LogP contribution in [-0.2, 0) is 0 Å². The first-order chi connectivity index (χ1) is 6.84. The van der Waals surface area contributed by atoms with Crippen molar-refractivity contribution in [2.75, 3.05) is 5.75 Å². The zero-order chi connectivity index (χ0) is 10.2. The minimum absolute atomic E-state index is 0.831. The Morgan fingerprint density at radius 1 is 0.929 bits per heavy atom. The van der Waals surface area contributed by atoms with Crippen LogP contribution in [-0.4, -0.2) is 5.75 Å². The van der Waals surface area contributed by atoms with E-state index in [1.54, 1.807) is 0 Å². The molecule has 0 aromatic heterocycles. The van der Waals surface area contributed by atoms with Crippen molar-refractivity contribution in [3.8, 4) is 0 Å². The largest absolute Gasteiger partial charge is 0.179 e. The van der Waals surface area contributed by atoms with E-state index >= 15 is 0 Å². The SMILES string of the molecule is CC(CS)C1CCCCCCCCC1. The van der Waals surface area contributed by atoms with Crippen molar-refractivity contribution >= 4 is 12.6 Å². The highest BCUT2D eigenvalue weighted by atomic mass is 32.1. The third-order valence-corrected chi connectivity index (χ3v) is 4.32. The van der Waals surface area contributed by atoms with Crippen molar-refractivity contribution in [3.63, 3.8) is 0 Å². The molecule has 0 aromatic carbocycles. The van der Waals surface area contributed by atoms with Crippen molar-refractivity contribution < 1.29 is 0 Å². The Balaban J connectivity index is 2.30. The molecule has 1 fully saturated rings. The third kappa shape index (κ3) is 4.72. The normalized spacial score (nSPS) is 24.4. The quantitative estimate of drug-likeness (QED) is 0.633. The summed E-state index contributed by atoms with van der Waals surface area (Å²) in [5.41, 5.74) is 0. The van der Waals surface area contributed by atoms with Crippen LogP contribution < -0.4 is 0 Å².